The number of benzene rings is 1. The second-order valence-corrected chi connectivity index (χ2v) is 7.44. The molecule has 0 aliphatic carbocycles. The van der Waals surface area contributed by atoms with Crippen LogP contribution in [0.15, 0.2) is 18.2 Å². The lowest BCUT2D eigenvalue weighted by molar-refractivity contribution is -0.385. The summed E-state index contributed by atoms with van der Waals surface area (Å²) in [7, 11) is 0. The molecule has 0 fully saturated rings. The van der Waals surface area contributed by atoms with Crippen molar-refractivity contribution >= 4 is 11.7 Å². The molecule has 1 aromatic rings. The van der Waals surface area contributed by atoms with Gasteiger partial charge in [-0.15, -0.1) is 0 Å². The number of ether oxygens (including phenoxy) is 1. The lowest BCUT2D eigenvalue weighted by Crippen LogP contribution is -2.24. The number of carbonyl (C=O) groups is 1. The van der Waals surface area contributed by atoms with Crippen molar-refractivity contribution in [3.8, 4) is 0 Å². The van der Waals surface area contributed by atoms with Gasteiger partial charge >= 0.3 is 5.97 Å². The van der Waals surface area contributed by atoms with Gasteiger partial charge in [-0.3, -0.25) is 14.9 Å². The van der Waals surface area contributed by atoms with E-state index in [2.05, 4.69) is 0 Å². The Bertz CT molecular complexity index is 565. The van der Waals surface area contributed by atoms with Crippen LogP contribution in [0.4, 0.5) is 5.69 Å². The number of nitro groups is 1. The fourth-order valence-corrected chi connectivity index (χ4v) is 2.04. The Balaban J connectivity index is 2.92. The van der Waals surface area contributed by atoms with Crippen LogP contribution in [0.1, 0.15) is 59.1 Å². The normalized spacial score (nSPS) is 12.1. The zero-order chi connectivity index (χ0) is 17.1. The highest BCUT2D eigenvalue weighted by Gasteiger charge is 2.22. The van der Waals surface area contributed by atoms with Crippen molar-refractivity contribution in [3.05, 3.63) is 39.4 Å². The third-order valence-corrected chi connectivity index (χ3v) is 3.17. The summed E-state index contributed by atoms with van der Waals surface area (Å²) >= 11 is 0. The van der Waals surface area contributed by atoms with Gasteiger partial charge in [0.2, 0.25) is 0 Å². The Morgan fingerprint density at radius 1 is 1.18 bits per heavy atom. The topological polar surface area (TPSA) is 69.4 Å². The predicted octanol–water partition coefficient (Wildman–Crippen LogP) is 4.17. The molecule has 0 N–H and O–H groups in total. The second-order valence-electron chi connectivity index (χ2n) is 7.44. The van der Waals surface area contributed by atoms with Crippen LogP contribution < -0.4 is 0 Å². The summed E-state index contributed by atoms with van der Waals surface area (Å²) in [4.78, 5) is 22.6. The first kappa shape index (κ1) is 18.1. The molecule has 22 heavy (non-hydrogen) atoms. The maximum Gasteiger partial charge on any atom is 0.306 e. The number of rotatable bonds is 4. The van der Waals surface area contributed by atoms with Gasteiger partial charge in [0.25, 0.3) is 5.69 Å². The van der Waals surface area contributed by atoms with Gasteiger partial charge in [0.1, 0.15) is 5.60 Å². The van der Waals surface area contributed by atoms with Crippen molar-refractivity contribution in [3.63, 3.8) is 0 Å². The Morgan fingerprint density at radius 2 is 1.77 bits per heavy atom. The smallest absolute Gasteiger partial charge is 0.306 e. The molecule has 0 atom stereocenters. The minimum Gasteiger partial charge on any atom is -0.460 e. The molecule has 1 rings (SSSR count). The van der Waals surface area contributed by atoms with Gasteiger partial charge in [-0.25, -0.2) is 0 Å². The minimum atomic E-state index is -0.543. The van der Waals surface area contributed by atoms with E-state index in [1.54, 1.807) is 32.9 Å². The van der Waals surface area contributed by atoms with Crippen LogP contribution in [0.25, 0.3) is 0 Å². The molecule has 0 saturated heterocycles. The molecule has 0 heterocycles. The van der Waals surface area contributed by atoms with E-state index in [1.807, 2.05) is 26.8 Å². The quantitative estimate of drug-likeness (QED) is 0.475. The maximum atomic E-state index is 11.7. The molecule has 0 aromatic heterocycles. The van der Waals surface area contributed by atoms with Crippen LogP contribution in [0.3, 0.4) is 0 Å². The molecule has 0 aliphatic rings. The number of nitro benzene ring substituents is 1. The second kappa shape index (κ2) is 6.46. The van der Waals surface area contributed by atoms with Crippen LogP contribution in [0, 0.1) is 10.1 Å². The zero-order valence-electron chi connectivity index (χ0n) is 14.2. The standard InChI is InChI=1S/C17H25NO4/c1-16(2,3)13-9-7-12(14(11-13)18(20)21)8-10-15(19)22-17(4,5)6/h7,9,11H,8,10H2,1-6H3. The van der Waals surface area contributed by atoms with Crippen molar-refractivity contribution in [2.45, 2.75) is 65.4 Å². The molecule has 0 aliphatic heterocycles. The summed E-state index contributed by atoms with van der Waals surface area (Å²) in [6.45, 7) is 11.4. The first-order valence-electron chi connectivity index (χ1n) is 7.40. The number of esters is 1. The Morgan fingerprint density at radius 3 is 2.23 bits per heavy atom. The van der Waals surface area contributed by atoms with E-state index in [9.17, 15) is 14.9 Å². The van der Waals surface area contributed by atoms with E-state index < -0.39 is 5.60 Å². The number of nitrogens with zero attached hydrogens (tertiary/aromatic N) is 1. The van der Waals surface area contributed by atoms with Gasteiger partial charge in [0, 0.05) is 18.1 Å². The molecule has 0 unspecified atom stereocenters. The van der Waals surface area contributed by atoms with Crippen LogP contribution >= 0.6 is 0 Å². The monoisotopic (exact) mass is 307 g/mol. The summed E-state index contributed by atoms with van der Waals surface area (Å²) < 4.78 is 5.23. The number of aryl methyl sites for hydroxylation is 1. The molecule has 0 amide bonds. The van der Waals surface area contributed by atoms with Gasteiger partial charge in [0.05, 0.1) is 4.92 Å². The molecule has 0 spiro atoms. The fourth-order valence-electron chi connectivity index (χ4n) is 2.04. The van der Waals surface area contributed by atoms with E-state index in [-0.39, 0.29) is 28.4 Å². The van der Waals surface area contributed by atoms with Crippen molar-refractivity contribution in [1.29, 1.82) is 0 Å². The van der Waals surface area contributed by atoms with Crippen LogP contribution in [-0.4, -0.2) is 16.5 Å². The molecular formula is C17H25NO4. The van der Waals surface area contributed by atoms with E-state index in [1.165, 1.54) is 0 Å². The SMILES string of the molecule is CC(C)(C)OC(=O)CCc1ccc(C(C)(C)C)cc1[N+](=O)[O-]. The summed E-state index contributed by atoms with van der Waals surface area (Å²) in [6, 6.07) is 5.23. The molecule has 5 heteroatoms. The number of hydrogen-bond donors (Lipinski definition) is 0. The molecule has 0 saturated carbocycles. The first-order valence-corrected chi connectivity index (χ1v) is 7.40. The predicted molar refractivity (Wildman–Crippen MR) is 86.0 cm³/mol. The van der Waals surface area contributed by atoms with Crippen LogP contribution in [0.2, 0.25) is 0 Å². The molecule has 122 valence electrons. The fraction of sp³-hybridized carbons (Fsp3) is 0.588. The van der Waals surface area contributed by atoms with E-state index in [0.717, 1.165) is 5.56 Å². The Labute approximate surface area is 131 Å². The van der Waals surface area contributed by atoms with Crippen molar-refractivity contribution < 1.29 is 14.5 Å². The highest BCUT2D eigenvalue weighted by atomic mass is 16.6. The van der Waals surface area contributed by atoms with Gasteiger partial charge in [-0.05, 0) is 38.2 Å². The van der Waals surface area contributed by atoms with Gasteiger partial charge in [0.15, 0.2) is 0 Å². The zero-order valence-corrected chi connectivity index (χ0v) is 14.2. The summed E-state index contributed by atoms with van der Waals surface area (Å²) in [5.74, 6) is -0.346. The molecule has 1 aromatic carbocycles. The van der Waals surface area contributed by atoms with Crippen molar-refractivity contribution in [2.75, 3.05) is 0 Å². The Kier molecular flexibility index (Phi) is 5.33. The molecule has 5 nitrogen and oxygen atoms in total. The largest absolute Gasteiger partial charge is 0.460 e. The summed E-state index contributed by atoms with van der Waals surface area (Å²) in [6.07, 6.45) is 0.433. The van der Waals surface area contributed by atoms with Crippen molar-refractivity contribution in [1.82, 2.24) is 0 Å². The Hall–Kier alpha value is -1.91. The first-order chi connectivity index (χ1) is 9.90. The van der Waals surface area contributed by atoms with Crippen molar-refractivity contribution in [2.24, 2.45) is 0 Å². The van der Waals surface area contributed by atoms with Gasteiger partial charge in [-0.2, -0.15) is 0 Å². The molecular weight excluding hydrogens is 282 g/mol. The van der Waals surface area contributed by atoms with Crippen LogP contribution in [0.5, 0.6) is 0 Å². The van der Waals surface area contributed by atoms with Gasteiger partial charge < -0.3 is 4.74 Å². The third kappa shape index (κ3) is 5.47. The summed E-state index contributed by atoms with van der Waals surface area (Å²) in [5.41, 5.74) is 0.827. The number of carbonyl (C=O) groups excluding carboxylic acids is 1. The minimum absolute atomic E-state index is 0.0657. The van der Waals surface area contributed by atoms with Crippen LogP contribution in [-0.2, 0) is 21.4 Å². The third-order valence-electron chi connectivity index (χ3n) is 3.17. The number of hydrogen-bond acceptors (Lipinski definition) is 4. The molecule has 0 radical (unpaired) electrons. The van der Waals surface area contributed by atoms with E-state index >= 15 is 0 Å². The molecule has 0 bridgehead atoms. The lowest BCUT2D eigenvalue weighted by atomic mass is 9.86. The van der Waals surface area contributed by atoms with E-state index in [0.29, 0.717) is 12.0 Å². The average molecular weight is 307 g/mol. The average Bonchev–Trinajstić information content (AvgIpc) is 2.32. The highest BCUT2D eigenvalue weighted by Crippen LogP contribution is 2.29. The summed E-state index contributed by atoms with van der Waals surface area (Å²) in [5, 5.41) is 11.3. The van der Waals surface area contributed by atoms with Gasteiger partial charge in [-0.1, -0.05) is 32.9 Å². The van der Waals surface area contributed by atoms with E-state index in [4.69, 9.17) is 4.74 Å². The highest BCUT2D eigenvalue weighted by molar-refractivity contribution is 5.70. The lowest BCUT2D eigenvalue weighted by Gasteiger charge is -2.20. The maximum absolute atomic E-state index is 11.7.